The monoisotopic (exact) mass is 518 g/mol. The smallest absolute Gasteiger partial charge is 0.262 e. The second kappa shape index (κ2) is 10.2. The van der Waals surface area contributed by atoms with Crippen molar-refractivity contribution < 1.29 is 18.4 Å². The number of nitrogens with zero attached hydrogens (tertiary/aromatic N) is 4. The fourth-order valence-electron chi connectivity index (χ4n) is 3.77. The average Bonchev–Trinajstić information content (AvgIpc) is 3.65. The summed E-state index contributed by atoms with van der Waals surface area (Å²) in [5.41, 5.74) is 6.65. The molecule has 0 saturated heterocycles. The number of aryl methyl sites for hydroxylation is 1. The van der Waals surface area contributed by atoms with Gasteiger partial charge in [0.25, 0.3) is 17.4 Å². The van der Waals surface area contributed by atoms with Crippen molar-refractivity contribution in [1.82, 2.24) is 24.6 Å². The third-order valence-electron chi connectivity index (χ3n) is 5.55. The summed E-state index contributed by atoms with van der Waals surface area (Å²) in [5, 5.41) is 7.43. The number of nitrogens with two attached hydrogens (primary N) is 1. The molecule has 0 saturated carbocycles. The van der Waals surface area contributed by atoms with E-state index in [0.29, 0.717) is 38.8 Å². The molecule has 0 unspecified atom stereocenters. The molecule has 1 amide bonds. The molecular formula is C25H22N6O5S. The number of thioether (sulfide) groups is 1. The molecule has 0 atom stereocenters. The largest absolute Gasteiger partial charge is 0.467 e. The molecule has 37 heavy (non-hydrogen) atoms. The van der Waals surface area contributed by atoms with Gasteiger partial charge in [0.1, 0.15) is 17.3 Å². The van der Waals surface area contributed by atoms with E-state index in [2.05, 4.69) is 15.4 Å². The van der Waals surface area contributed by atoms with Crippen molar-refractivity contribution >= 4 is 40.3 Å². The van der Waals surface area contributed by atoms with E-state index in [4.69, 9.17) is 14.6 Å². The van der Waals surface area contributed by atoms with E-state index < -0.39 is 0 Å². The molecule has 188 valence electrons. The molecule has 12 heteroatoms. The van der Waals surface area contributed by atoms with E-state index in [1.807, 2.05) is 0 Å². The van der Waals surface area contributed by atoms with Crippen LogP contribution in [-0.4, -0.2) is 36.9 Å². The zero-order valence-electron chi connectivity index (χ0n) is 19.7. The number of anilines is 1. The van der Waals surface area contributed by atoms with Crippen LogP contribution in [0.5, 0.6) is 0 Å². The average molecular weight is 519 g/mol. The van der Waals surface area contributed by atoms with Gasteiger partial charge in [-0.15, -0.1) is 5.10 Å². The van der Waals surface area contributed by atoms with Gasteiger partial charge in [-0.1, -0.05) is 11.8 Å². The summed E-state index contributed by atoms with van der Waals surface area (Å²) in [6, 6.07) is 13.3. The normalized spacial score (nSPS) is 11.2. The van der Waals surface area contributed by atoms with Crippen molar-refractivity contribution in [2.45, 2.75) is 25.2 Å². The van der Waals surface area contributed by atoms with Gasteiger partial charge in [-0.3, -0.25) is 19.0 Å². The van der Waals surface area contributed by atoms with Gasteiger partial charge in [0.05, 0.1) is 42.3 Å². The molecule has 4 aromatic heterocycles. The Labute approximate surface area is 214 Å². The number of hydrogen-bond donors (Lipinski definition) is 2. The number of amides is 1. The number of furan rings is 2. The lowest BCUT2D eigenvalue weighted by molar-refractivity contribution is 0.0922. The summed E-state index contributed by atoms with van der Waals surface area (Å²) < 4.78 is 13.3. The molecule has 0 aliphatic carbocycles. The van der Waals surface area contributed by atoms with Gasteiger partial charge in [-0.05, 0) is 49.4 Å². The number of hydrogen-bond acceptors (Lipinski definition) is 9. The minimum absolute atomic E-state index is 0.0403. The van der Waals surface area contributed by atoms with Gasteiger partial charge < -0.3 is 19.9 Å². The molecule has 5 rings (SSSR count). The lowest BCUT2D eigenvalue weighted by Gasteiger charge is -2.13. The fraction of sp³-hybridized carbons (Fsp3) is 0.160. The molecular weight excluding hydrogens is 496 g/mol. The van der Waals surface area contributed by atoms with Gasteiger partial charge in [-0.25, -0.2) is 9.67 Å². The van der Waals surface area contributed by atoms with Crippen molar-refractivity contribution in [2.75, 3.05) is 11.5 Å². The quantitative estimate of drug-likeness (QED) is 0.233. The lowest BCUT2D eigenvalue weighted by Crippen LogP contribution is -2.26. The molecule has 0 aliphatic rings. The van der Waals surface area contributed by atoms with E-state index in [1.165, 1.54) is 21.8 Å². The molecule has 0 fully saturated rings. The lowest BCUT2D eigenvalue weighted by atomic mass is 10.1. The first-order chi connectivity index (χ1) is 17.9. The summed E-state index contributed by atoms with van der Waals surface area (Å²) in [4.78, 5) is 43.6. The Balaban J connectivity index is 1.46. The Kier molecular flexibility index (Phi) is 6.64. The number of aromatic nitrogens is 4. The highest BCUT2D eigenvalue weighted by Crippen LogP contribution is 2.21. The number of carbonyl (C=O) groups is 2. The zero-order valence-corrected chi connectivity index (χ0v) is 20.5. The maximum absolute atomic E-state index is 13.4. The van der Waals surface area contributed by atoms with Crippen LogP contribution in [0.2, 0.25) is 0 Å². The van der Waals surface area contributed by atoms with Crippen LogP contribution < -0.4 is 16.6 Å². The Morgan fingerprint density at radius 2 is 1.84 bits per heavy atom. The first-order valence-corrected chi connectivity index (χ1v) is 12.2. The molecule has 0 aliphatic heterocycles. The second-order valence-corrected chi connectivity index (χ2v) is 9.11. The molecule has 11 nitrogen and oxygen atoms in total. The number of fused-ring (bicyclic) bond motifs is 1. The number of benzene rings is 1. The number of carbonyl (C=O) groups excluding carboxylic acids is 2. The van der Waals surface area contributed by atoms with Crippen LogP contribution in [0.25, 0.3) is 10.9 Å². The second-order valence-electron chi connectivity index (χ2n) is 8.16. The standard InChI is InChI=1S/C25H22N6O5S/c1-15-10-21(26)29-31(15)22(32)14-37-25-28-20-11-16(23(33)27-12-17-4-2-8-35-17)6-7-19(20)24(34)30(25)13-18-5-3-9-36-18/h2-11H,12-14H2,1H3,(H2,26,29)(H,27,33). The van der Waals surface area contributed by atoms with E-state index >= 15 is 0 Å². The number of nitrogens with one attached hydrogen (secondary N) is 1. The van der Waals surface area contributed by atoms with Crippen molar-refractivity contribution in [3.8, 4) is 0 Å². The van der Waals surface area contributed by atoms with E-state index in [1.54, 1.807) is 55.5 Å². The van der Waals surface area contributed by atoms with Crippen LogP contribution in [-0.2, 0) is 13.1 Å². The first kappa shape index (κ1) is 24.1. The number of rotatable bonds is 8. The van der Waals surface area contributed by atoms with Gasteiger partial charge in [0.15, 0.2) is 5.16 Å². The van der Waals surface area contributed by atoms with Crippen molar-refractivity contribution in [3.63, 3.8) is 0 Å². The van der Waals surface area contributed by atoms with Crippen LogP contribution in [0.3, 0.4) is 0 Å². The summed E-state index contributed by atoms with van der Waals surface area (Å²) in [6.45, 7) is 2.08. The topological polar surface area (TPSA) is 151 Å². The van der Waals surface area contributed by atoms with Crippen LogP contribution >= 0.6 is 11.8 Å². The Hall–Kier alpha value is -4.58. The predicted octanol–water partition coefficient (Wildman–Crippen LogP) is 3.08. The summed E-state index contributed by atoms with van der Waals surface area (Å²) in [5.74, 6) is 0.723. The summed E-state index contributed by atoms with van der Waals surface area (Å²) >= 11 is 1.09. The number of nitrogen functional groups attached to an aromatic ring is 1. The van der Waals surface area contributed by atoms with E-state index in [-0.39, 0.29) is 42.0 Å². The Bertz CT molecular complexity index is 1640. The van der Waals surface area contributed by atoms with Crippen LogP contribution in [0.4, 0.5) is 5.82 Å². The van der Waals surface area contributed by atoms with Gasteiger partial charge in [-0.2, -0.15) is 0 Å². The third kappa shape index (κ3) is 5.19. The van der Waals surface area contributed by atoms with Crippen molar-refractivity contribution in [2.24, 2.45) is 0 Å². The maximum atomic E-state index is 13.4. The van der Waals surface area contributed by atoms with Gasteiger partial charge >= 0.3 is 0 Å². The first-order valence-electron chi connectivity index (χ1n) is 11.2. The van der Waals surface area contributed by atoms with E-state index in [9.17, 15) is 14.4 Å². The highest BCUT2D eigenvalue weighted by Gasteiger charge is 2.18. The molecule has 0 bridgehead atoms. The Morgan fingerprint density at radius 1 is 1.08 bits per heavy atom. The molecule has 0 radical (unpaired) electrons. The minimum Gasteiger partial charge on any atom is -0.467 e. The Morgan fingerprint density at radius 3 is 2.51 bits per heavy atom. The predicted molar refractivity (Wildman–Crippen MR) is 136 cm³/mol. The highest BCUT2D eigenvalue weighted by atomic mass is 32.2. The van der Waals surface area contributed by atoms with Crippen LogP contribution in [0, 0.1) is 6.92 Å². The zero-order chi connectivity index (χ0) is 25.9. The van der Waals surface area contributed by atoms with Crippen molar-refractivity contribution in [1.29, 1.82) is 0 Å². The van der Waals surface area contributed by atoms with Crippen LogP contribution in [0.1, 0.15) is 32.4 Å². The molecule has 3 N–H and O–H groups in total. The fourth-order valence-corrected chi connectivity index (χ4v) is 4.61. The summed E-state index contributed by atoms with van der Waals surface area (Å²) in [7, 11) is 0. The van der Waals surface area contributed by atoms with Gasteiger partial charge in [0, 0.05) is 17.3 Å². The SMILES string of the molecule is Cc1cc(N)nn1C(=O)CSc1nc2cc(C(=O)NCc3ccco3)ccc2c(=O)n1Cc1ccco1. The minimum atomic E-state index is -0.337. The van der Waals surface area contributed by atoms with Crippen LogP contribution in [0.15, 0.2) is 79.8 Å². The molecule has 1 aromatic carbocycles. The van der Waals surface area contributed by atoms with Gasteiger partial charge in [0.2, 0.25) is 0 Å². The summed E-state index contributed by atoms with van der Waals surface area (Å²) in [6.07, 6.45) is 3.05. The maximum Gasteiger partial charge on any atom is 0.262 e. The molecule has 4 heterocycles. The highest BCUT2D eigenvalue weighted by molar-refractivity contribution is 7.99. The molecule has 0 spiro atoms. The van der Waals surface area contributed by atoms with E-state index in [0.717, 1.165) is 11.8 Å². The third-order valence-corrected chi connectivity index (χ3v) is 6.51. The molecule has 5 aromatic rings. The van der Waals surface area contributed by atoms with Crippen molar-refractivity contribution in [3.05, 3.63) is 94.2 Å².